The molecule has 0 amide bonds. The fourth-order valence-corrected chi connectivity index (χ4v) is 2.97. The van der Waals surface area contributed by atoms with Crippen LogP contribution < -0.4 is 5.32 Å². The van der Waals surface area contributed by atoms with E-state index in [1.165, 1.54) is 6.26 Å². The molecule has 1 saturated carbocycles. The summed E-state index contributed by atoms with van der Waals surface area (Å²) >= 11 is 0. The summed E-state index contributed by atoms with van der Waals surface area (Å²) in [6, 6.07) is 0.401. The normalized spacial score (nSPS) is 31.8. The van der Waals surface area contributed by atoms with Crippen LogP contribution in [0.2, 0.25) is 0 Å². The first-order valence-corrected chi connectivity index (χ1v) is 6.35. The number of hydrogen-bond donors (Lipinski definition) is 1. The Balaban J connectivity index is 2.58. The van der Waals surface area contributed by atoms with Crippen LogP contribution in [0.3, 0.4) is 0 Å². The Morgan fingerprint density at radius 3 is 2.50 bits per heavy atom. The van der Waals surface area contributed by atoms with Gasteiger partial charge in [0.2, 0.25) is 0 Å². The van der Waals surface area contributed by atoms with Crippen molar-refractivity contribution in [2.24, 2.45) is 0 Å². The highest BCUT2D eigenvalue weighted by Crippen LogP contribution is 2.23. The third-order valence-corrected chi connectivity index (χ3v) is 4.28. The molecule has 0 aliphatic heterocycles. The molecule has 0 aromatic rings. The second kappa shape index (κ2) is 3.75. The zero-order valence-electron chi connectivity index (χ0n) is 7.71. The maximum atomic E-state index is 11.2. The molecular formula is C8H17NO2S. The summed E-state index contributed by atoms with van der Waals surface area (Å²) in [6.45, 7) is 0. The molecule has 72 valence electrons. The first-order chi connectivity index (χ1) is 5.54. The van der Waals surface area contributed by atoms with Gasteiger partial charge in [0.05, 0.1) is 5.25 Å². The number of sulfone groups is 1. The average Bonchev–Trinajstić information content (AvgIpc) is 2.03. The quantitative estimate of drug-likeness (QED) is 0.694. The number of nitrogens with one attached hydrogen (secondary N) is 1. The highest BCUT2D eigenvalue weighted by molar-refractivity contribution is 7.91. The van der Waals surface area contributed by atoms with Crippen LogP contribution in [0.15, 0.2) is 0 Å². The van der Waals surface area contributed by atoms with E-state index in [0.29, 0.717) is 6.04 Å². The van der Waals surface area contributed by atoms with Crippen LogP contribution in [-0.4, -0.2) is 33.0 Å². The van der Waals surface area contributed by atoms with Gasteiger partial charge in [-0.05, 0) is 26.3 Å². The van der Waals surface area contributed by atoms with Crippen molar-refractivity contribution in [2.45, 2.75) is 37.0 Å². The number of hydrogen-bond acceptors (Lipinski definition) is 3. The first kappa shape index (κ1) is 9.99. The highest BCUT2D eigenvalue weighted by atomic mass is 32.2. The Kier molecular flexibility index (Phi) is 3.12. The van der Waals surface area contributed by atoms with Gasteiger partial charge in [0.1, 0.15) is 9.84 Å². The van der Waals surface area contributed by atoms with Crippen molar-refractivity contribution in [3.05, 3.63) is 0 Å². The zero-order chi connectivity index (χ0) is 9.19. The fourth-order valence-electron chi connectivity index (χ4n) is 1.80. The van der Waals surface area contributed by atoms with E-state index in [2.05, 4.69) is 5.32 Å². The SMILES string of the molecule is CNC1CCCC(S(C)(=O)=O)C1. The van der Waals surface area contributed by atoms with Crippen molar-refractivity contribution >= 4 is 9.84 Å². The van der Waals surface area contributed by atoms with Crippen LogP contribution in [-0.2, 0) is 9.84 Å². The van der Waals surface area contributed by atoms with Crippen molar-refractivity contribution in [1.29, 1.82) is 0 Å². The van der Waals surface area contributed by atoms with Gasteiger partial charge in [-0.25, -0.2) is 8.42 Å². The van der Waals surface area contributed by atoms with Gasteiger partial charge >= 0.3 is 0 Å². The van der Waals surface area contributed by atoms with Crippen molar-refractivity contribution in [3.63, 3.8) is 0 Å². The van der Waals surface area contributed by atoms with Gasteiger partial charge in [-0.15, -0.1) is 0 Å². The minimum Gasteiger partial charge on any atom is -0.317 e. The Labute approximate surface area is 74.5 Å². The van der Waals surface area contributed by atoms with Crippen molar-refractivity contribution in [3.8, 4) is 0 Å². The van der Waals surface area contributed by atoms with E-state index in [-0.39, 0.29) is 5.25 Å². The molecule has 0 saturated heterocycles. The molecule has 0 heterocycles. The largest absolute Gasteiger partial charge is 0.317 e. The van der Waals surface area contributed by atoms with Gasteiger partial charge in [-0.1, -0.05) is 6.42 Å². The fraction of sp³-hybridized carbons (Fsp3) is 1.00. The summed E-state index contributed by atoms with van der Waals surface area (Å²) in [5.41, 5.74) is 0. The average molecular weight is 191 g/mol. The van der Waals surface area contributed by atoms with Crippen molar-refractivity contribution in [1.82, 2.24) is 5.32 Å². The monoisotopic (exact) mass is 191 g/mol. The van der Waals surface area contributed by atoms with Gasteiger partial charge in [-0.2, -0.15) is 0 Å². The Morgan fingerprint density at radius 2 is 2.00 bits per heavy atom. The molecular weight excluding hydrogens is 174 g/mol. The summed E-state index contributed by atoms with van der Waals surface area (Å²) in [6.07, 6.45) is 5.12. The van der Waals surface area contributed by atoms with E-state index >= 15 is 0 Å². The molecule has 0 aromatic carbocycles. The summed E-state index contributed by atoms with van der Waals surface area (Å²) in [7, 11) is -0.911. The molecule has 0 bridgehead atoms. The van der Waals surface area contributed by atoms with Crippen molar-refractivity contribution in [2.75, 3.05) is 13.3 Å². The van der Waals surface area contributed by atoms with Crippen LogP contribution in [0.25, 0.3) is 0 Å². The maximum Gasteiger partial charge on any atom is 0.150 e. The number of rotatable bonds is 2. The Morgan fingerprint density at radius 1 is 1.33 bits per heavy atom. The third kappa shape index (κ3) is 2.45. The predicted molar refractivity (Wildman–Crippen MR) is 49.9 cm³/mol. The molecule has 4 heteroatoms. The van der Waals surface area contributed by atoms with Gasteiger partial charge < -0.3 is 5.32 Å². The molecule has 1 aliphatic carbocycles. The van der Waals surface area contributed by atoms with Crippen LogP contribution in [0.4, 0.5) is 0 Å². The van der Waals surface area contributed by atoms with Crippen LogP contribution >= 0.6 is 0 Å². The lowest BCUT2D eigenvalue weighted by molar-refractivity contribution is 0.391. The molecule has 0 radical (unpaired) electrons. The molecule has 1 N–H and O–H groups in total. The molecule has 1 fully saturated rings. The topological polar surface area (TPSA) is 46.2 Å². The van der Waals surface area contributed by atoms with E-state index in [1.807, 2.05) is 7.05 Å². The molecule has 2 atom stereocenters. The minimum absolute atomic E-state index is 0.108. The van der Waals surface area contributed by atoms with Gasteiger partial charge in [0.15, 0.2) is 0 Å². The van der Waals surface area contributed by atoms with Crippen LogP contribution in [0, 0.1) is 0 Å². The second-order valence-electron chi connectivity index (χ2n) is 3.60. The lowest BCUT2D eigenvalue weighted by Crippen LogP contribution is -2.36. The second-order valence-corrected chi connectivity index (χ2v) is 5.93. The summed E-state index contributed by atoms with van der Waals surface area (Å²) < 4.78 is 22.4. The van der Waals surface area contributed by atoms with E-state index < -0.39 is 9.84 Å². The summed E-state index contributed by atoms with van der Waals surface area (Å²) in [5, 5.41) is 3.03. The Bertz CT molecular complexity index is 235. The van der Waals surface area contributed by atoms with Gasteiger partial charge in [-0.3, -0.25) is 0 Å². The lowest BCUT2D eigenvalue weighted by Gasteiger charge is -2.27. The highest BCUT2D eigenvalue weighted by Gasteiger charge is 2.27. The van der Waals surface area contributed by atoms with E-state index in [4.69, 9.17) is 0 Å². The summed E-state index contributed by atoms with van der Waals surface area (Å²) in [5.74, 6) is 0. The molecule has 0 spiro atoms. The standard InChI is InChI=1S/C8H17NO2S/c1-9-7-4-3-5-8(6-7)12(2,10)11/h7-9H,3-6H2,1-2H3. The van der Waals surface area contributed by atoms with Crippen LogP contribution in [0.5, 0.6) is 0 Å². The van der Waals surface area contributed by atoms with Gasteiger partial charge in [0, 0.05) is 12.3 Å². The maximum absolute atomic E-state index is 11.2. The molecule has 2 unspecified atom stereocenters. The summed E-state index contributed by atoms with van der Waals surface area (Å²) in [4.78, 5) is 0. The molecule has 3 nitrogen and oxygen atoms in total. The molecule has 12 heavy (non-hydrogen) atoms. The van der Waals surface area contributed by atoms with Crippen molar-refractivity contribution < 1.29 is 8.42 Å². The predicted octanol–water partition coefficient (Wildman–Crippen LogP) is 0.562. The lowest BCUT2D eigenvalue weighted by atomic mass is 9.95. The van der Waals surface area contributed by atoms with E-state index in [0.717, 1.165) is 25.7 Å². The molecule has 1 rings (SSSR count). The van der Waals surface area contributed by atoms with E-state index in [9.17, 15) is 8.42 Å². The third-order valence-electron chi connectivity index (χ3n) is 2.64. The minimum atomic E-state index is -2.81. The molecule has 1 aliphatic rings. The zero-order valence-corrected chi connectivity index (χ0v) is 8.52. The van der Waals surface area contributed by atoms with Crippen LogP contribution in [0.1, 0.15) is 25.7 Å². The smallest absolute Gasteiger partial charge is 0.150 e. The first-order valence-electron chi connectivity index (χ1n) is 4.40. The molecule has 0 aromatic heterocycles. The van der Waals surface area contributed by atoms with Gasteiger partial charge in [0.25, 0.3) is 0 Å². The van der Waals surface area contributed by atoms with E-state index in [1.54, 1.807) is 0 Å². The Hall–Kier alpha value is -0.0900.